The van der Waals surface area contributed by atoms with Crippen LogP contribution in [0.15, 0.2) is 0 Å². The summed E-state index contributed by atoms with van der Waals surface area (Å²) in [4.78, 5) is 11.7. The highest BCUT2D eigenvalue weighted by molar-refractivity contribution is 5.74. The third kappa shape index (κ3) is 2.76. The first-order valence-corrected chi connectivity index (χ1v) is 6.37. The summed E-state index contributed by atoms with van der Waals surface area (Å²) >= 11 is 0. The minimum absolute atomic E-state index is 0.00801. The Hall–Kier alpha value is -0.570. The zero-order valence-corrected chi connectivity index (χ0v) is 10.6. The van der Waals surface area contributed by atoms with E-state index in [1.165, 1.54) is 6.42 Å². The Bertz CT molecular complexity index is 271. The SMILES string of the molecule is CC1CC(OC(=O)C2CNC2)CC(C)(C)C1. The molecule has 3 heteroatoms. The van der Waals surface area contributed by atoms with Crippen LogP contribution in [-0.4, -0.2) is 25.2 Å². The van der Waals surface area contributed by atoms with Crippen LogP contribution in [0.2, 0.25) is 0 Å². The number of carbonyl (C=O) groups excluding carboxylic acids is 1. The zero-order chi connectivity index (χ0) is 11.8. The predicted molar refractivity (Wildman–Crippen MR) is 63.0 cm³/mol. The fraction of sp³-hybridized carbons (Fsp3) is 0.923. The molecule has 1 saturated heterocycles. The van der Waals surface area contributed by atoms with Gasteiger partial charge in [0.25, 0.3) is 0 Å². The molecular formula is C13H23NO2. The molecule has 0 aromatic carbocycles. The van der Waals surface area contributed by atoms with Gasteiger partial charge in [-0.25, -0.2) is 0 Å². The van der Waals surface area contributed by atoms with Crippen molar-refractivity contribution in [1.29, 1.82) is 0 Å². The molecule has 1 heterocycles. The molecule has 0 radical (unpaired) electrons. The van der Waals surface area contributed by atoms with E-state index in [0.717, 1.165) is 25.9 Å². The maximum absolute atomic E-state index is 11.7. The van der Waals surface area contributed by atoms with Gasteiger partial charge in [-0.2, -0.15) is 0 Å². The summed E-state index contributed by atoms with van der Waals surface area (Å²) in [5.74, 6) is 0.787. The van der Waals surface area contributed by atoms with Crippen LogP contribution in [0.5, 0.6) is 0 Å². The number of rotatable bonds is 2. The molecular weight excluding hydrogens is 202 g/mol. The van der Waals surface area contributed by atoms with Gasteiger partial charge in [-0.15, -0.1) is 0 Å². The molecule has 0 aromatic heterocycles. The number of ether oxygens (including phenoxy) is 1. The molecule has 2 aliphatic rings. The lowest BCUT2D eigenvalue weighted by atomic mass is 9.71. The number of esters is 1. The van der Waals surface area contributed by atoms with Gasteiger partial charge < -0.3 is 10.1 Å². The second kappa shape index (κ2) is 4.36. The summed E-state index contributed by atoms with van der Waals surface area (Å²) < 4.78 is 5.62. The van der Waals surface area contributed by atoms with Gasteiger partial charge >= 0.3 is 5.97 Å². The van der Waals surface area contributed by atoms with Crippen molar-refractivity contribution in [2.75, 3.05) is 13.1 Å². The first-order chi connectivity index (χ1) is 7.46. The van der Waals surface area contributed by atoms with Crippen molar-refractivity contribution < 1.29 is 9.53 Å². The minimum Gasteiger partial charge on any atom is -0.462 e. The predicted octanol–water partition coefficient (Wildman–Crippen LogP) is 1.96. The molecule has 1 N–H and O–H groups in total. The summed E-state index contributed by atoms with van der Waals surface area (Å²) in [6, 6.07) is 0. The Balaban J connectivity index is 1.86. The molecule has 1 aliphatic heterocycles. The minimum atomic E-state index is 0.00801. The lowest BCUT2D eigenvalue weighted by Gasteiger charge is -2.39. The van der Waals surface area contributed by atoms with Crippen LogP contribution < -0.4 is 5.32 Å². The number of hydrogen-bond acceptors (Lipinski definition) is 3. The first kappa shape index (κ1) is 11.9. The van der Waals surface area contributed by atoms with E-state index in [2.05, 4.69) is 26.1 Å². The average molecular weight is 225 g/mol. The molecule has 1 aliphatic carbocycles. The maximum atomic E-state index is 11.7. The van der Waals surface area contributed by atoms with E-state index in [9.17, 15) is 4.79 Å². The van der Waals surface area contributed by atoms with Crippen LogP contribution in [0.4, 0.5) is 0 Å². The van der Waals surface area contributed by atoms with Gasteiger partial charge in [-0.05, 0) is 30.6 Å². The molecule has 92 valence electrons. The Morgan fingerprint density at radius 2 is 2.00 bits per heavy atom. The monoisotopic (exact) mass is 225 g/mol. The van der Waals surface area contributed by atoms with E-state index in [4.69, 9.17) is 4.74 Å². The van der Waals surface area contributed by atoms with Gasteiger partial charge in [-0.3, -0.25) is 4.79 Å². The van der Waals surface area contributed by atoms with Crippen molar-refractivity contribution in [3.63, 3.8) is 0 Å². The van der Waals surface area contributed by atoms with Crippen molar-refractivity contribution >= 4 is 5.97 Å². The summed E-state index contributed by atoms with van der Waals surface area (Å²) in [7, 11) is 0. The standard InChI is InChI=1S/C13H23NO2/c1-9-4-11(6-13(2,3)5-9)16-12(15)10-7-14-8-10/h9-11,14H,4-8H2,1-3H3. The second-order valence-corrected chi connectivity index (χ2v) is 6.33. The molecule has 2 fully saturated rings. The topological polar surface area (TPSA) is 38.3 Å². The fourth-order valence-electron chi connectivity index (χ4n) is 3.06. The van der Waals surface area contributed by atoms with Crippen molar-refractivity contribution in [2.24, 2.45) is 17.3 Å². The van der Waals surface area contributed by atoms with Gasteiger partial charge in [0.05, 0.1) is 5.92 Å². The molecule has 0 amide bonds. The molecule has 16 heavy (non-hydrogen) atoms. The van der Waals surface area contributed by atoms with E-state index in [1.807, 2.05) is 0 Å². The van der Waals surface area contributed by atoms with E-state index in [0.29, 0.717) is 11.3 Å². The van der Waals surface area contributed by atoms with Gasteiger partial charge in [0.1, 0.15) is 6.10 Å². The van der Waals surface area contributed by atoms with E-state index >= 15 is 0 Å². The molecule has 0 aromatic rings. The molecule has 0 spiro atoms. The van der Waals surface area contributed by atoms with Crippen molar-refractivity contribution in [2.45, 2.75) is 46.1 Å². The highest BCUT2D eigenvalue weighted by Gasteiger charge is 2.36. The quantitative estimate of drug-likeness (QED) is 0.730. The van der Waals surface area contributed by atoms with Gasteiger partial charge in [0.2, 0.25) is 0 Å². The third-order valence-electron chi connectivity index (χ3n) is 3.74. The molecule has 2 rings (SSSR count). The van der Waals surface area contributed by atoms with E-state index in [-0.39, 0.29) is 18.0 Å². The molecule has 2 atom stereocenters. The third-order valence-corrected chi connectivity index (χ3v) is 3.74. The van der Waals surface area contributed by atoms with Crippen LogP contribution >= 0.6 is 0 Å². The zero-order valence-electron chi connectivity index (χ0n) is 10.6. The van der Waals surface area contributed by atoms with Crippen molar-refractivity contribution in [3.05, 3.63) is 0 Å². The van der Waals surface area contributed by atoms with E-state index < -0.39 is 0 Å². The first-order valence-electron chi connectivity index (χ1n) is 6.37. The summed E-state index contributed by atoms with van der Waals surface area (Å²) in [5, 5.41) is 3.10. The normalized spacial score (nSPS) is 34.2. The average Bonchev–Trinajstić information content (AvgIpc) is 1.94. The maximum Gasteiger partial charge on any atom is 0.311 e. The van der Waals surface area contributed by atoms with Crippen LogP contribution in [0.25, 0.3) is 0 Å². The van der Waals surface area contributed by atoms with E-state index in [1.54, 1.807) is 0 Å². The Kier molecular flexibility index (Phi) is 3.24. The molecule has 2 unspecified atom stereocenters. The number of nitrogens with one attached hydrogen (secondary N) is 1. The second-order valence-electron chi connectivity index (χ2n) is 6.33. The highest BCUT2D eigenvalue weighted by Crippen LogP contribution is 2.39. The Morgan fingerprint density at radius 3 is 2.50 bits per heavy atom. The lowest BCUT2D eigenvalue weighted by molar-refractivity contribution is -0.160. The van der Waals surface area contributed by atoms with Crippen LogP contribution in [0.3, 0.4) is 0 Å². The summed E-state index contributed by atoms with van der Waals surface area (Å²) in [6.07, 6.45) is 3.44. The smallest absolute Gasteiger partial charge is 0.311 e. The van der Waals surface area contributed by atoms with Crippen molar-refractivity contribution in [1.82, 2.24) is 5.32 Å². The molecule has 1 saturated carbocycles. The molecule has 3 nitrogen and oxygen atoms in total. The Morgan fingerprint density at radius 1 is 1.31 bits per heavy atom. The summed E-state index contributed by atoms with van der Waals surface area (Å²) in [6.45, 7) is 8.39. The van der Waals surface area contributed by atoms with Crippen LogP contribution in [0, 0.1) is 17.3 Å². The number of carbonyl (C=O) groups is 1. The van der Waals surface area contributed by atoms with Gasteiger partial charge in [0, 0.05) is 13.1 Å². The largest absolute Gasteiger partial charge is 0.462 e. The summed E-state index contributed by atoms with van der Waals surface area (Å²) in [5.41, 5.74) is 0.320. The van der Waals surface area contributed by atoms with Crippen LogP contribution in [-0.2, 0) is 9.53 Å². The fourth-order valence-corrected chi connectivity index (χ4v) is 3.06. The number of hydrogen-bond donors (Lipinski definition) is 1. The lowest BCUT2D eigenvalue weighted by Crippen LogP contribution is -2.48. The van der Waals surface area contributed by atoms with Crippen molar-refractivity contribution in [3.8, 4) is 0 Å². The Labute approximate surface area is 97.9 Å². The molecule has 0 bridgehead atoms. The van der Waals surface area contributed by atoms with Gasteiger partial charge in [0.15, 0.2) is 0 Å². The van der Waals surface area contributed by atoms with Gasteiger partial charge in [-0.1, -0.05) is 20.8 Å². The van der Waals surface area contributed by atoms with Crippen LogP contribution in [0.1, 0.15) is 40.0 Å². The highest BCUT2D eigenvalue weighted by atomic mass is 16.5.